The third kappa shape index (κ3) is 1.94. The second-order valence-corrected chi connectivity index (χ2v) is 5.45. The molecule has 72 valence electrons. The number of thiophene rings is 1. The van der Waals surface area contributed by atoms with Crippen LogP contribution in [0.15, 0.2) is 17.5 Å². The molecule has 1 aliphatic rings. The van der Waals surface area contributed by atoms with E-state index in [-0.39, 0.29) is 0 Å². The van der Waals surface area contributed by atoms with E-state index in [9.17, 15) is 0 Å². The molecule has 0 aliphatic carbocycles. The molecule has 2 heteroatoms. The van der Waals surface area contributed by atoms with Crippen LogP contribution in [0.4, 0.5) is 0 Å². The lowest BCUT2D eigenvalue weighted by atomic mass is 10.0. The third-order valence-corrected chi connectivity index (χ3v) is 3.86. The van der Waals surface area contributed by atoms with E-state index in [2.05, 4.69) is 36.3 Å². The summed E-state index contributed by atoms with van der Waals surface area (Å²) in [7, 11) is 0. The fraction of sp³-hybridized carbons (Fsp3) is 0.636. The van der Waals surface area contributed by atoms with Crippen molar-refractivity contribution in [3.05, 3.63) is 22.4 Å². The topological polar surface area (TPSA) is 3.24 Å². The minimum atomic E-state index is 0.421. The van der Waals surface area contributed by atoms with Crippen LogP contribution in [-0.2, 0) is 6.54 Å². The summed E-state index contributed by atoms with van der Waals surface area (Å²) >= 11 is 1.87. The molecule has 1 aromatic heterocycles. The van der Waals surface area contributed by atoms with E-state index in [1.54, 1.807) is 0 Å². The van der Waals surface area contributed by atoms with Crippen molar-refractivity contribution in [1.29, 1.82) is 0 Å². The van der Waals surface area contributed by atoms with E-state index >= 15 is 0 Å². The molecular formula is C11H17NS. The van der Waals surface area contributed by atoms with Gasteiger partial charge in [0.15, 0.2) is 0 Å². The van der Waals surface area contributed by atoms with Crippen LogP contribution in [0.5, 0.6) is 0 Å². The van der Waals surface area contributed by atoms with Gasteiger partial charge in [-0.05, 0) is 44.7 Å². The van der Waals surface area contributed by atoms with Crippen molar-refractivity contribution >= 4 is 11.3 Å². The van der Waals surface area contributed by atoms with Crippen LogP contribution in [0.1, 0.15) is 31.6 Å². The second-order valence-electron chi connectivity index (χ2n) is 4.42. The Hall–Kier alpha value is -0.340. The molecule has 1 aromatic rings. The Morgan fingerprint density at radius 1 is 1.54 bits per heavy atom. The van der Waals surface area contributed by atoms with E-state index in [1.807, 2.05) is 11.3 Å². The van der Waals surface area contributed by atoms with Gasteiger partial charge >= 0.3 is 0 Å². The van der Waals surface area contributed by atoms with Gasteiger partial charge in [-0.2, -0.15) is 0 Å². The Morgan fingerprint density at radius 3 is 2.92 bits per heavy atom. The molecule has 0 radical (unpaired) electrons. The van der Waals surface area contributed by atoms with Crippen LogP contribution in [0.25, 0.3) is 0 Å². The van der Waals surface area contributed by atoms with Gasteiger partial charge in [0.2, 0.25) is 0 Å². The molecule has 0 aromatic carbocycles. The van der Waals surface area contributed by atoms with Gasteiger partial charge in [0, 0.05) is 17.0 Å². The van der Waals surface area contributed by atoms with E-state index in [0.717, 1.165) is 6.54 Å². The first-order chi connectivity index (χ1) is 6.18. The van der Waals surface area contributed by atoms with Crippen LogP contribution in [0, 0.1) is 0 Å². The summed E-state index contributed by atoms with van der Waals surface area (Å²) in [5.74, 6) is 0. The standard InChI is InChI=1S/C11H17NS/c1-11(2)6-4-7-12(11)9-10-5-3-8-13-10/h3,5,8H,4,6-7,9H2,1-2H3. The van der Waals surface area contributed by atoms with Crippen LogP contribution in [0.3, 0.4) is 0 Å². The molecule has 0 bridgehead atoms. The lowest BCUT2D eigenvalue weighted by molar-refractivity contribution is 0.168. The maximum Gasteiger partial charge on any atom is 0.0333 e. The molecule has 0 spiro atoms. The molecule has 0 atom stereocenters. The lowest BCUT2D eigenvalue weighted by Gasteiger charge is -2.31. The number of rotatable bonds is 2. The zero-order valence-electron chi connectivity index (χ0n) is 8.42. The van der Waals surface area contributed by atoms with Crippen molar-refractivity contribution < 1.29 is 0 Å². The molecule has 13 heavy (non-hydrogen) atoms. The molecule has 0 saturated carbocycles. The summed E-state index contributed by atoms with van der Waals surface area (Å²) in [5.41, 5.74) is 0.421. The van der Waals surface area contributed by atoms with E-state index in [0.29, 0.717) is 5.54 Å². The molecule has 1 fully saturated rings. The van der Waals surface area contributed by atoms with Crippen LogP contribution < -0.4 is 0 Å². The smallest absolute Gasteiger partial charge is 0.0333 e. The van der Waals surface area contributed by atoms with Gasteiger partial charge in [0.25, 0.3) is 0 Å². The normalized spacial score (nSPS) is 22.3. The van der Waals surface area contributed by atoms with Crippen LogP contribution in [0.2, 0.25) is 0 Å². The Bertz CT molecular complexity index is 264. The summed E-state index contributed by atoms with van der Waals surface area (Å²) in [6, 6.07) is 4.38. The average molecular weight is 195 g/mol. The maximum atomic E-state index is 2.60. The first-order valence-corrected chi connectivity index (χ1v) is 5.84. The fourth-order valence-corrected chi connectivity index (χ4v) is 2.77. The Labute approximate surface area is 84.4 Å². The maximum absolute atomic E-state index is 2.60. The predicted molar refractivity (Wildman–Crippen MR) is 58.0 cm³/mol. The SMILES string of the molecule is CC1(C)CCCN1Cc1cccs1. The molecule has 0 unspecified atom stereocenters. The second kappa shape index (κ2) is 3.43. The summed E-state index contributed by atoms with van der Waals surface area (Å²) in [5, 5.41) is 2.17. The molecule has 1 aliphatic heterocycles. The van der Waals surface area contributed by atoms with Crippen molar-refractivity contribution in [3.8, 4) is 0 Å². The summed E-state index contributed by atoms with van der Waals surface area (Å²) in [6.45, 7) is 7.12. The van der Waals surface area contributed by atoms with Gasteiger partial charge in [0.05, 0.1) is 0 Å². The Kier molecular flexibility index (Phi) is 2.43. The average Bonchev–Trinajstić information content (AvgIpc) is 2.63. The first-order valence-electron chi connectivity index (χ1n) is 4.96. The quantitative estimate of drug-likeness (QED) is 0.701. The lowest BCUT2D eigenvalue weighted by Crippen LogP contribution is -2.37. The molecule has 0 amide bonds. The summed E-state index contributed by atoms with van der Waals surface area (Å²) < 4.78 is 0. The third-order valence-electron chi connectivity index (χ3n) is 3.00. The summed E-state index contributed by atoms with van der Waals surface area (Å²) in [6.07, 6.45) is 2.71. The van der Waals surface area contributed by atoms with Gasteiger partial charge in [-0.15, -0.1) is 11.3 Å². The monoisotopic (exact) mass is 195 g/mol. The molecular weight excluding hydrogens is 178 g/mol. The number of hydrogen-bond donors (Lipinski definition) is 0. The molecule has 1 saturated heterocycles. The van der Waals surface area contributed by atoms with Gasteiger partial charge in [-0.25, -0.2) is 0 Å². The van der Waals surface area contributed by atoms with Crippen LogP contribution in [-0.4, -0.2) is 17.0 Å². The highest BCUT2D eigenvalue weighted by Gasteiger charge is 2.31. The van der Waals surface area contributed by atoms with Crippen LogP contribution >= 0.6 is 11.3 Å². The van der Waals surface area contributed by atoms with E-state index < -0.39 is 0 Å². The Morgan fingerprint density at radius 2 is 2.38 bits per heavy atom. The highest BCUT2D eigenvalue weighted by atomic mass is 32.1. The molecule has 2 rings (SSSR count). The first kappa shape index (κ1) is 9.22. The number of likely N-dealkylation sites (tertiary alicyclic amines) is 1. The molecule has 0 N–H and O–H groups in total. The zero-order chi connectivity index (χ0) is 9.31. The fourth-order valence-electron chi connectivity index (χ4n) is 2.05. The predicted octanol–water partition coefficient (Wildman–Crippen LogP) is 3.12. The van der Waals surface area contributed by atoms with Crippen molar-refractivity contribution in [2.45, 2.75) is 38.8 Å². The highest BCUT2D eigenvalue weighted by Crippen LogP contribution is 2.30. The largest absolute Gasteiger partial charge is 0.293 e. The summed E-state index contributed by atoms with van der Waals surface area (Å²) in [4.78, 5) is 4.09. The minimum Gasteiger partial charge on any atom is -0.293 e. The number of hydrogen-bond acceptors (Lipinski definition) is 2. The van der Waals surface area contributed by atoms with Gasteiger partial charge in [-0.1, -0.05) is 6.07 Å². The van der Waals surface area contributed by atoms with Gasteiger partial charge < -0.3 is 0 Å². The van der Waals surface area contributed by atoms with Gasteiger partial charge in [0.1, 0.15) is 0 Å². The highest BCUT2D eigenvalue weighted by molar-refractivity contribution is 7.09. The van der Waals surface area contributed by atoms with E-state index in [1.165, 1.54) is 24.3 Å². The number of nitrogens with zero attached hydrogens (tertiary/aromatic N) is 1. The van der Waals surface area contributed by atoms with Crippen molar-refractivity contribution in [1.82, 2.24) is 4.90 Å². The van der Waals surface area contributed by atoms with Crippen molar-refractivity contribution in [3.63, 3.8) is 0 Å². The molecule has 2 heterocycles. The van der Waals surface area contributed by atoms with Gasteiger partial charge in [-0.3, -0.25) is 4.90 Å². The van der Waals surface area contributed by atoms with Crippen molar-refractivity contribution in [2.75, 3.05) is 6.54 Å². The minimum absolute atomic E-state index is 0.421. The van der Waals surface area contributed by atoms with Crippen molar-refractivity contribution in [2.24, 2.45) is 0 Å². The van der Waals surface area contributed by atoms with E-state index in [4.69, 9.17) is 0 Å². The zero-order valence-corrected chi connectivity index (χ0v) is 9.23. The Balaban J connectivity index is 2.02. The molecule has 1 nitrogen and oxygen atoms in total.